The van der Waals surface area contributed by atoms with E-state index in [4.69, 9.17) is 9.47 Å². The average molecular weight is 397 g/mol. The number of fused-ring (bicyclic) bond motifs is 1. The summed E-state index contributed by atoms with van der Waals surface area (Å²) in [6.07, 6.45) is 8.70. The number of pyridine rings is 1. The van der Waals surface area contributed by atoms with Crippen LogP contribution in [0.2, 0.25) is 0 Å². The lowest BCUT2D eigenvalue weighted by Gasteiger charge is -2.41. The summed E-state index contributed by atoms with van der Waals surface area (Å²) in [6.45, 7) is 4.57. The second-order valence-electron chi connectivity index (χ2n) is 8.18. The van der Waals surface area contributed by atoms with E-state index in [9.17, 15) is 0 Å². The minimum atomic E-state index is 0.0430. The lowest BCUT2D eigenvalue weighted by atomic mass is 9.90. The van der Waals surface area contributed by atoms with Gasteiger partial charge in [-0.1, -0.05) is 30.3 Å². The molecule has 0 radical (unpaired) electrons. The second-order valence-corrected chi connectivity index (χ2v) is 9.54. The molecule has 1 saturated heterocycles. The first-order valence-corrected chi connectivity index (χ1v) is 11.4. The fourth-order valence-corrected chi connectivity index (χ4v) is 5.45. The molecule has 2 fully saturated rings. The van der Waals surface area contributed by atoms with Crippen molar-refractivity contribution in [1.82, 2.24) is 9.88 Å². The van der Waals surface area contributed by atoms with Crippen molar-refractivity contribution in [1.29, 1.82) is 0 Å². The van der Waals surface area contributed by atoms with Crippen molar-refractivity contribution in [2.75, 3.05) is 13.1 Å². The lowest BCUT2D eigenvalue weighted by Crippen LogP contribution is -2.46. The van der Waals surface area contributed by atoms with Gasteiger partial charge in [-0.15, -0.1) is 0 Å². The summed E-state index contributed by atoms with van der Waals surface area (Å²) in [5, 5.41) is 1.31. The van der Waals surface area contributed by atoms with Gasteiger partial charge in [0.1, 0.15) is 23.0 Å². The molecule has 0 amide bonds. The van der Waals surface area contributed by atoms with Crippen LogP contribution in [-0.2, 0) is 0 Å². The normalized spacial score (nSPS) is 26.2. The lowest BCUT2D eigenvalue weighted by molar-refractivity contribution is 0.0493. The first-order valence-electron chi connectivity index (χ1n) is 10.6. The van der Waals surface area contributed by atoms with Crippen molar-refractivity contribution >= 4 is 11.8 Å². The van der Waals surface area contributed by atoms with Gasteiger partial charge in [-0.05, 0) is 62.4 Å². The molecule has 28 heavy (non-hydrogen) atoms. The summed E-state index contributed by atoms with van der Waals surface area (Å²) in [7, 11) is 0. The molecule has 1 aliphatic carbocycles. The molecular formula is C23H28N2O2S. The molecule has 3 heterocycles. The van der Waals surface area contributed by atoms with Crippen molar-refractivity contribution in [2.24, 2.45) is 0 Å². The van der Waals surface area contributed by atoms with Gasteiger partial charge in [0.05, 0.1) is 0 Å². The standard InChI is InChI=1S/C23H28N2O2S/c1-16-22(27-21-6-3-13-24-23(21)28-16)17-7-9-19(10-8-17)26-20-11-14-25(15-12-20)18-4-2-5-18/h3,6-10,13,16,18,20,22H,2,4-5,11-12,14-15H2,1H3/t16-,22+/m0/s1. The van der Waals surface area contributed by atoms with E-state index in [2.05, 4.69) is 41.1 Å². The van der Waals surface area contributed by atoms with E-state index in [0.717, 1.165) is 35.4 Å². The highest BCUT2D eigenvalue weighted by atomic mass is 32.2. The van der Waals surface area contributed by atoms with E-state index in [1.165, 1.54) is 37.9 Å². The predicted molar refractivity (Wildman–Crippen MR) is 112 cm³/mol. The van der Waals surface area contributed by atoms with Crippen molar-refractivity contribution in [2.45, 2.75) is 67.6 Å². The molecule has 0 bridgehead atoms. The van der Waals surface area contributed by atoms with E-state index in [1.54, 1.807) is 11.8 Å². The quantitative estimate of drug-likeness (QED) is 0.719. The smallest absolute Gasteiger partial charge is 0.152 e. The zero-order valence-corrected chi connectivity index (χ0v) is 17.2. The van der Waals surface area contributed by atoms with Crippen LogP contribution < -0.4 is 9.47 Å². The van der Waals surface area contributed by atoms with Crippen LogP contribution in [0.1, 0.15) is 50.7 Å². The molecule has 1 aromatic heterocycles. The number of likely N-dealkylation sites (tertiary alicyclic amines) is 1. The van der Waals surface area contributed by atoms with Gasteiger partial charge in [0.25, 0.3) is 0 Å². The average Bonchev–Trinajstić information content (AvgIpc) is 2.68. The maximum absolute atomic E-state index is 6.28. The minimum Gasteiger partial charge on any atom is -0.490 e. The third-order valence-electron chi connectivity index (χ3n) is 6.29. The van der Waals surface area contributed by atoms with Crippen LogP contribution >= 0.6 is 11.8 Å². The fraction of sp³-hybridized carbons (Fsp3) is 0.522. The molecule has 1 saturated carbocycles. The van der Waals surface area contributed by atoms with E-state index in [0.29, 0.717) is 11.4 Å². The zero-order valence-electron chi connectivity index (χ0n) is 16.4. The van der Waals surface area contributed by atoms with Gasteiger partial charge >= 0.3 is 0 Å². The van der Waals surface area contributed by atoms with Gasteiger partial charge in [0.2, 0.25) is 0 Å². The molecule has 2 aromatic rings. The zero-order chi connectivity index (χ0) is 18.9. The van der Waals surface area contributed by atoms with Crippen LogP contribution in [0.25, 0.3) is 0 Å². The summed E-state index contributed by atoms with van der Waals surface area (Å²) < 4.78 is 12.5. The summed E-state index contributed by atoms with van der Waals surface area (Å²) >= 11 is 1.78. The van der Waals surface area contributed by atoms with Gasteiger partial charge in [0, 0.05) is 30.6 Å². The Hall–Kier alpha value is -1.72. The molecule has 4 nitrogen and oxygen atoms in total. The number of piperidine rings is 1. The number of hydrogen-bond donors (Lipinski definition) is 0. The maximum Gasteiger partial charge on any atom is 0.152 e. The molecule has 148 valence electrons. The minimum absolute atomic E-state index is 0.0430. The van der Waals surface area contributed by atoms with Crippen molar-refractivity contribution in [3.63, 3.8) is 0 Å². The number of ether oxygens (including phenoxy) is 2. The molecule has 0 spiro atoms. The molecule has 5 rings (SSSR count). The van der Waals surface area contributed by atoms with Gasteiger partial charge in [-0.3, -0.25) is 0 Å². The van der Waals surface area contributed by atoms with Crippen molar-refractivity contribution in [3.8, 4) is 11.5 Å². The van der Waals surface area contributed by atoms with Crippen LogP contribution in [-0.4, -0.2) is 40.4 Å². The van der Waals surface area contributed by atoms with Crippen LogP contribution in [0.3, 0.4) is 0 Å². The van der Waals surface area contributed by atoms with Gasteiger partial charge in [-0.25, -0.2) is 4.98 Å². The highest BCUT2D eigenvalue weighted by molar-refractivity contribution is 8.00. The molecule has 0 unspecified atom stereocenters. The van der Waals surface area contributed by atoms with Crippen molar-refractivity contribution < 1.29 is 9.47 Å². The number of nitrogens with zero attached hydrogens (tertiary/aromatic N) is 2. The number of rotatable bonds is 4. The Labute approximate surface area is 171 Å². The van der Waals surface area contributed by atoms with Gasteiger partial charge < -0.3 is 14.4 Å². The summed E-state index contributed by atoms with van der Waals surface area (Å²) in [6, 6.07) is 13.3. The molecule has 2 atom stereocenters. The summed E-state index contributed by atoms with van der Waals surface area (Å²) in [5.74, 6) is 1.86. The number of benzene rings is 1. The van der Waals surface area contributed by atoms with Crippen molar-refractivity contribution in [3.05, 3.63) is 48.2 Å². The SMILES string of the molecule is C[C@@H]1Sc2ncccc2O[C@H]1c1ccc(OC2CCN(C3CCC3)CC2)cc1. The Balaban J connectivity index is 1.19. The number of hydrogen-bond acceptors (Lipinski definition) is 5. The number of aromatic nitrogens is 1. The van der Waals surface area contributed by atoms with Crippen LogP contribution in [0.4, 0.5) is 0 Å². The largest absolute Gasteiger partial charge is 0.490 e. The Morgan fingerprint density at radius 3 is 2.57 bits per heavy atom. The molecular weight excluding hydrogens is 368 g/mol. The number of thioether (sulfide) groups is 1. The van der Waals surface area contributed by atoms with Crippen LogP contribution in [0, 0.1) is 0 Å². The Kier molecular flexibility index (Phi) is 5.20. The first-order chi connectivity index (χ1) is 13.8. The third-order valence-corrected chi connectivity index (χ3v) is 7.44. The highest BCUT2D eigenvalue weighted by Crippen LogP contribution is 2.43. The summed E-state index contributed by atoms with van der Waals surface area (Å²) in [4.78, 5) is 7.08. The van der Waals surface area contributed by atoms with Gasteiger partial charge in [-0.2, -0.15) is 0 Å². The molecule has 3 aliphatic rings. The van der Waals surface area contributed by atoms with E-state index in [-0.39, 0.29) is 6.10 Å². The second kappa shape index (κ2) is 7.96. The Morgan fingerprint density at radius 2 is 1.86 bits per heavy atom. The molecule has 1 aromatic carbocycles. The third kappa shape index (κ3) is 3.74. The Morgan fingerprint density at radius 1 is 1.07 bits per heavy atom. The fourth-order valence-electron chi connectivity index (χ4n) is 4.40. The van der Waals surface area contributed by atoms with Crippen LogP contribution in [0.5, 0.6) is 11.5 Å². The molecule has 5 heteroatoms. The van der Waals surface area contributed by atoms with Crippen LogP contribution in [0.15, 0.2) is 47.6 Å². The molecule has 0 N–H and O–H groups in total. The van der Waals surface area contributed by atoms with E-state index >= 15 is 0 Å². The Bertz CT molecular complexity index is 801. The first kappa shape index (κ1) is 18.3. The highest BCUT2D eigenvalue weighted by Gasteiger charge is 2.31. The predicted octanol–water partition coefficient (Wildman–Crippen LogP) is 5.09. The van der Waals surface area contributed by atoms with E-state index in [1.807, 2.05) is 18.3 Å². The monoisotopic (exact) mass is 396 g/mol. The maximum atomic E-state index is 6.28. The van der Waals surface area contributed by atoms with Gasteiger partial charge in [0.15, 0.2) is 5.75 Å². The molecule has 2 aliphatic heterocycles. The van der Waals surface area contributed by atoms with E-state index < -0.39 is 0 Å². The topological polar surface area (TPSA) is 34.6 Å². The summed E-state index contributed by atoms with van der Waals surface area (Å²) in [5.41, 5.74) is 1.20.